The van der Waals surface area contributed by atoms with Gasteiger partial charge in [-0.15, -0.1) is 0 Å². The summed E-state index contributed by atoms with van der Waals surface area (Å²) in [4.78, 5) is 19.2. The monoisotopic (exact) mass is 546 g/mol. The minimum Gasteiger partial charge on any atom is -0.508 e. The second kappa shape index (κ2) is 9.19. The molecular weight excluding hydrogens is 504 g/mol. The van der Waals surface area contributed by atoms with Gasteiger partial charge in [0.05, 0.1) is 0 Å². The topological polar surface area (TPSA) is 43.8 Å². The van der Waals surface area contributed by atoms with E-state index < -0.39 is 0 Å². The minimum absolute atomic E-state index is 0.0571. The Bertz CT molecular complexity index is 1480. The first-order valence-corrected chi connectivity index (χ1v) is 16.0. The Morgan fingerprint density at radius 1 is 0.976 bits per heavy atom. The number of amides is 1. The Kier molecular flexibility index (Phi) is 5.74. The van der Waals surface area contributed by atoms with Crippen LogP contribution in [0.2, 0.25) is 0 Å². The molecule has 7 atom stereocenters. The predicted molar refractivity (Wildman–Crippen MR) is 162 cm³/mol. The van der Waals surface area contributed by atoms with Crippen molar-refractivity contribution in [3.8, 4) is 5.75 Å². The van der Waals surface area contributed by atoms with Crippen LogP contribution in [0.25, 0.3) is 0 Å². The standard InChI is InChI=1S/C37H42N2O2/c1-3-28-23-39(35(41)26-7-5-4-6-8-26)31-15-17-36(28)33(31)37-18-20-38(19-16-25-11-9-24(2)10-12-25)32(34(36)37)21-27-13-14-29(40)22-30(27)37/h4-14,22,28,31-34,40H,3,15-21,23H2,1-2H3/t28-,31?,32?,33?,34?,36?,37?/m1/s1. The van der Waals surface area contributed by atoms with Crippen LogP contribution >= 0.6 is 0 Å². The third-order valence-corrected chi connectivity index (χ3v) is 12.4. The zero-order valence-electron chi connectivity index (χ0n) is 24.4. The summed E-state index contributed by atoms with van der Waals surface area (Å²) in [5.74, 6) is 2.21. The molecule has 2 saturated carbocycles. The van der Waals surface area contributed by atoms with Gasteiger partial charge < -0.3 is 10.0 Å². The largest absolute Gasteiger partial charge is 0.508 e. The summed E-state index contributed by atoms with van der Waals surface area (Å²) in [5, 5.41) is 10.7. The molecule has 5 aliphatic rings. The number of phenolic OH excluding ortho intramolecular Hbond substituents is 1. The maximum Gasteiger partial charge on any atom is 0.254 e. The molecule has 212 valence electrons. The molecule has 4 bridgehead atoms. The molecule has 8 rings (SSSR count). The van der Waals surface area contributed by atoms with E-state index in [-0.39, 0.29) is 17.4 Å². The molecule has 2 saturated heterocycles. The number of aromatic hydroxyl groups is 1. The van der Waals surface area contributed by atoms with Gasteiger partial charge >= 0.3 is 0 Å². The van der Waals surface area contributed by atoms with E-state index in [0.29, 0.717) is 35.0 Å². The Hall–Kier alpha value is -3.11. The second-order valence-electron chi connectivity index (χ2n) is 13.8. The van der Waals surface area contributed by atoms with Crippen LogP contribution in [0.1, 0.15) is 65.2 Å². The van der Waals surface area contributed by atoms with Crippen LogP contribution in [0, 0.1) is 30.1 Å². The highest BCUT2D eigenvalue weighted by atomic mass is 16.3. The van der Waals surface area contributed by atoms with Crippen molar-refractivity contribution in [1.82, 2.24) is 9.80 Å². The van der Waals surface area contributed by atoms with Crippen molar-refractivity contribution in [3.05, 3.63) is 101 Å². The number of hydrogen-bond acceptors (Lipinski definition) is 3. The molecule has 0 aromatic heterocycles. The lowest BCUT2D eigenvalue weighted by atomic mass is 9.29. The lowest BCUT2D eigenvalue weighted by Gasteiger charge is -2.79. The van der Waals surface area contributed by atoms with Gasteiger partial charge in [0.25, 0.3) is 5.91 Å². The maximum atomic E-state index is 14.0. The van der Waals surface area contributed by atoms with Crippen LogP contribution in [0.5, 0.6) is 5.75 Å². The van der Waals surface area contributed by atoms with Gasteiger partial charge in [-0.1, -0.05) is 67.4 Å². The third kappa shape index (κ3) is 3.40. The van der Waals surface area contributed by atoms with Crippen molar-refractivity contribution in [2.75, 3.05) is 19.6 Å². The highest BCUT2D eigenvalue weighted by Crippen LogP contribution is 2.81. The van der Waals surface area contributed by atoms with Gasteiger partial charge in [0.2, 0.25) is 0 Å². The van der Waals surface area contributed by atoms with Crippen LogP contribution in [-0.2, 0) is 18.3 Å². The summed E-state index contributed by atoms with van der Waals surface area (Å²) < 4.78 is 0. The summed E-state index contributed by atoms with van der Waals surface area (Å²) >= 11 is 0. The van der Waals surface area contributed by atoms with E-state index in [1.165, 1.54) is 28.7 Å². The highest BCUT2D eigenvalue weighted by molar-refractivity contribution is 5.94. The van der Waals surface area contributed by atoms with Gasteiger partial charge in [-0.3, -0.25) is 9.69 Å². The normalized spacial score (nSPS) is 34.8. The number of likely N-dealkylation sites (tertiary alicyclic amines) is 2. The molecule has 1 N–H and O–H groups in total. The number of fused-ring (bicyclic) bond motifs is 1. The Morgan fingerprint density at radius 3 is 2.54 bits per heavy atom. The zero-order valence-corrected chi connectivity index (χ0v) is 24.4. The van der Waals surface area contributed by atoms with Crippen molar-refractivity contribution >= 4 is 5.91 Å². The summed E-state index contributed by atoms with van der Waals surface area (Å²) in [5.41, 5.74) is 6.76. The van der Waals surface area contributed by atoms with Crippen molar-refractivity contribution in [2.24, 2.45) is 23.2 Å². The summed E-state index contributed by atoms with van der Waals surface area (Å²) in [6, 6.07) is 26.1. The number of nitrogens with zero attached hydrogens (tertiary/aromatic N) is 2. The molecule has 3 aromatic carbocycles. The Balaban J connectivity index is 1.20. The number of benzene rings is 3. The van der Waals surface area contributed by atoms with Crippen molar-refractivity contribution in [3.63, 3.8) is 0 Å². The Labute approximate surface area is 244 Å². The van der Waals surface area contributed by atoms with Gasteiger partial charge in [-0.2, -0.15) is 0 Å². The molecule has 41 heavy (non-hydrogen) atoms. The first-order valence-electron chi connectivity index (χ1n) is 16.0. The Morgan fingerprint density at radius 2 is 1.76 bits per heavy atom. The molecule has 3 aliphatic carbocycles. The maximum absolute atomic E-state index is 14.0. The van der Waals surface area contributed by atoms with E-state index >= 15 is 0 Å². The lowest BCUT2D eigenvalue weighted by Crippen LogP contribution is -2.82. The average Bonchev–Trinajstić information content (AvgIpc) is 3.23. The fourth-order valence-electron chi connectivity index (χ4n) is 11.0. The second-order valence-corrected chi connectivity index (χ2v) is 13.8. The molecule has 2 aliphatic heterocycles. The van der Waals surface area contributed by atoms with Gasteiger partial charge in [0.15, 0.2) is 0 Å². The van der Waals surface area contributed by atoms with E-state index in [9.17, 15) is 9.90 Å². The fourth-order valence-corrected chi connectivity index (χ4v) is 11.0. The van der Waals surface area contributed by atoms with Crippen LogP contribution in [0.3, 0.4) is 0 Å². The minimum atomic E-state index is 0.0571. The number of aryl methyl sites for hydroxylation is 1. The van der Waals surface area contributed by atoms with Crippen LogP contribution in [-0.4, -0.2) is 52.5 Å². The van der Waals surface area contributed by atoms with Crippen LogP contribution in [0.15, 0.2) is 72.8 Å². The number of carbonyl (C=O) groups excluding carboxylic acids is 1. The summed E-state index contributed by atoms with van der Waals surface area (Å²) in [6.45, 7) is 7.62. The molecule has 4 heteroatoms. The lowest BCUT2D eigenvalue weighted by molar-refractivity contribution is -0.256. The first-order chi connectivity index (χ1) is 20.0. The summed E-state index contributed by atoms with van der Waals surface area (Å²) in [6.07, 6.45) is 6.78. The highest BCUT2D eigenvalue weighted by Gasteiger charge is 2.82. The number of piperidine rings is 2. The molecule has 4 nitrogen and oxygen atoms in total. The first kappa shape index (κ1) is 25.6. The number of hydrogen-bond donors (Lipinski definition) is 1. The summed E-state index contributed by atoms with van der Waals surface area (Å²) in [7, 11) is 0. The molecule has 6 unspecified atom stereocenters. The van der Waals surface area contributed by atoms with Crippen molar-refractivity contribution < 1.29 is 9.90 Å². The van der Waals surface area contributed by atoms with Crippen molar-refractivity contribution in [2.45, 2.75) is 69.9 Å². The SMILES string of the molecule is CC[C@@H]1CN(C(=O)c2ccccc2)C2CCC13C1C4Cc5ccc(O)cc5C1(CCN4CCc1ccc(C)cc1)C23. The van der Waals surface area contributed by atoms with Gasteiger partial charge in [-0.25, -0.2) is 0 Å². The van der Waals surface area contributed by atoms with Crippen LogP contribution in [0.4, 0.5) is 0 Å². The molecule has 0 spiro atoms. The van der Waals surface area contributed by atoms with Gasteiger partial charge in [-0.05, 0) is 110 Å². The number of carbonyl (C=O) groups is 1. The molecule has 3 aromatic rings. The van der Waals surface area contributed by atoms with E-state index in [1.807, 2.05) is 36.4 Å². The molecule has 2 heterocycles. The predicted octanol–water partition coefficient (Wildman–Crippen LogP) is 6.39. The fraction of sp³-hybridized carbons (Fsp3) is 0.486. The average molecular weight is 547 g/mol. The molecular formula is C37H42N2O2. The van der Waals surface area contributed by atoms with E-state index in [4.69, 9.17) is 0 Å². The smallest absolute Gasteiger partial charge is 0.254 e. The number of phenols is 1. The van der Waals surface area contributed by atoms with Crippen LogP contribution < -0.4 is 0 Å². The number of rotatable bonds is 5. The molecule has 1 amide bonds. The molecule has 4 fully saturated rings. The van der Waals surface area contributed by atoms with E-state index in [0.717, 1.165) is 57.3 Å². The zero-order chi connectivity index (χ0) is 27.9. The van der Waals surface area contributed by atoms with E-state index in [1.54, 1.807) is 0 Å². The van der Waals surface area contributed by atoms with Gasteiger partial charge in [0.1, 0.15) is 5.75 Å². The molecule has 0 radical (unpaired) electrons. The van der Waals surface area contributed by atoms with E-state index in [2.05, 4.69) is 60.0 Å². The third-order valence-electron chi connectivity index (χ3n) is 12.4. The van der Waals surface area contributed by atoms with Gasteiger partial charge in [0, 0.05) is 36.2 Å². The van der Waals surface area contributed by atoms with Crippen molar-refractivity contribution in [1.29, 1.82) is 0 Å². The quantitative estimate of drug-likeness (QED) is 0.403.